The molecule has 0 saturated heterocycles. The summed E-state index contributed by atoms with van der Waals surface area (Å²) in [6, 6.07) is 0. The van der Waals surface area contributed by atoms with Crippen molar-refractivity contribution in [1.82, 2.24) is 4.90 Å². The Hall–Kier alpha value is -1.03. The van der Waals surface area contributed by atoms with Crippen LogP contribution in [0.5, 0.6) is 0 Å². The molecule has 0 atom stereocenters. The van der Waals surface area contributed by atoms with Crippen LogP contribution in [0.25, 0.3) is 0 Å². The fourth-order valence-corrected chi connectivity index (χ4v) is 2.60. The minimum absolute atomic E-state index is 0.635. The van der Waals surface area contributed by atoms with Crippen molar-refractivity contribution in [2.45, 2.75) is 47.0 Å². The molecule has 108 valence electrons. The predicted octanol–water partition coefficient (Wildman–Crippen LogP) is 4.22. The lowest BCUT2D eigenvalue weighted by atomic mass is 10.2. The number of hydrogen-bond acceptors (Lipinski definition) is 2. The second-order valence-electron chi connectivity index (χ2n) is 4.17. The lowest BCUT2D eigenvalue weighted by Crippen LogP contribution is -2.30. The van der Waals surface area contributed by atoms with Gasteiger partial charge in [-0.05, 0) is 37.2 Å². The molecule has 0 aromatic heterocycles. The average molecular weight is 282 g/mol. The number of thioether (sulfide) groups is 1. The van der Waals surface area contributed by atoms with E-state index < -0.39 is 0 Å². The normalized spacial score (nSPS) is 13.1. The summed E-state index contributed by atoms with van der Waals surface area (Å²) in [6.07, 6.45) is 7.84. The summed E-state index contributed by atoms with van der Waals surface area (Å²) in [7, 11) is 0. The van der Waals surface area contributed by atoms with Crippen molar-refractivity contribution < 1.29 is 4.79 Å². The molecule has 0 bridgehead atoms. The maximum Gasteiger partial charge on any atom is 0.235 e. The van der Waals surface area contributed by atoms with Crippen molar-refractivity contribution >= 4 is 23.3 Å². The van der Waals surface area contributed by atoms with Crippen LogP contribution in [0, 0.1) is 0 Å². The van der Waals surface area contributed by atoms with E-state index in [1.807, 2.05) is 13.0 Å². The van der Waals surface area contributed by atoms with Gasteiger partial charge < -0.3 is 4.90 Å². The predicted molar refractivity (Wildman–Crippen MR) is 86.4 cm³/mol. The lowest BCUT2D eigenvalue weighted by Gasteiger charge is -2.23. The van der Waals surface area contributed by atoms with Gasteiger partial charge in [-0.1, -0.05) is 44.7 Å². The van der Waals surface area contributed by atoms with Crippen molar-refractivity contribution in [3.63, 3.8) is 0 Å². The Morgan fingerprint density at radius 1 is 1.21 bits per heavy atom. The van der Waals surface area contributed by atoms with Crippen LogP contribution in [0.4, 0.5) is 0 Å². The molecule has 3 nitrogen and oxygen atoms in total. The highest BCUT2D eigenvalue weighted by molar-refractivity contribution is 8.16. The number of amidine groups is 1. The molecular weight excluding hydrogens is 256 g/mol. The maximum absolute atomic E-state index is 10.7. The first kappa shape index (κ1) is 18.0. The van der Waals surface area contributed by atoms with E-state index >= 15 is 0 Å². The van der Waals surface area contributed by atoms with Crippen LogP contribution >= 0.6 is 11.8 Å². The molecular formula is C15H26N2OS. The number of nitrogens with zero attached hydrogens (tertiary/aromatic N) is 2. The third kappa shape index (κ3) is 7.88. The first-order valence-electron chi connectivity index (χ1n) is 6.98. The quantitative estimate of drug-likeness (QED) is 0.289. The van der Waals surface area contributed by atoms with Crippen molar-refractivity contribution in [3.8, 4) is 0 Å². The number of aliphatic imine (C=N–C) groups is 1. The van der Waals surface area contributed by atoms with E-state index in [0.29, 0.717) is 6.41 Å². The van der Waals surface area contributed by atoms with Crippen molar-refractivity contribution in [1.29, 1.82) is 0 Å². The van der Waals surface area contributed by atoms with Crippen molar-refractivity contribution in [2.75, 3.05) is 13.1 Å². The third-order valence-corrected chi connectivity index (χ3v) is 3.52. The zero-order valence-corrected chi connectivity index (χ0v) is 13.4. The smallest absolute Gasteiger partial charge is 0.235 e. The Morgan fingerprint density at radius 3 is 2.26 bits per heavy atom. The Bertz CT molecular complexity index is 329. The van der Waals surface area contributed by atoms with Crippen LogP contribution in [0.3, 0.4) is 0 Å². The van der Waals surface area contributed by atoms with E-state index in [1.54, 1.807) is 0 Å². The van der Waals surface area contributed by atoms with Crippen LogP contribution < -0.4 is 0 Å². The molecule has 0 rings (SSSR count). The van der Waals surface area contributed by atoms with Crippen LogP contribution in [0.15, 0.2) is 28.1 Å². The molecule has 0 aromatic carbocycles. The molecule has 0 spiro atoms. The summed E-state index contributed by atoms with van der Waals surface area (Å²) in [5.41, 5.74) is 1.25. The summed E-state index contributed by atoms with van der Waals surface area (Å²) in [4.78, 5) is 16.9. The first-order chi connectivity index (χ1) is 9.23. The molecule has 19 heavy (non-hydrogen) atoms. The van der Waals surface area contributed by atoms with Crippen molar-refractivity contribution in [3.05, 3.63) is 23.1 Å². The second kappa shape index (κ2) is 12.0. The molecule has 0 aliphatic rings. The third-order valence-electron chi connectivity index (χ3n) is 2.53. The second-order valence-corrected chi connectivity index (χ2v) is 5.00. The summed E-state index contributed by atoms with van der Waals surface area (Å²) < 4.78 is 0. The molecule has 0 N–H and O–H groups in total. The highest BCUT2D eigenvalue weighted by atomic mass is 32.2. The van der Waals surface area contributed by atoms with Crippen molar-refractivity contribution in [2.24, 2.45) is 4.99 Å². The van der Waals surface area contributed by atoms with Gasteiger partial charge in [-0.2, -0.15) is 4.99 Å². The number of rotatable bonds is 8. The fraction of sp³-hybridized carbons (Fsp3) is 0.600. The van der Waals surface area contributed by atoms with Gasteiger partial charge in [0.2, 0.25) is 6.41 Å². The molecule has 1 amide bonds. The molecule has 0 radical (unpaired) electrons. The monoisotopic (exact) mass is 282 g/mol. The minimum Gasteiger partial charge on any atom is -0.351 e. The molecule has 0 aliphatic carbocycles. The molecule has 0 fully saturated rings. The molecule has 0 aliphatic heterocycles. The minimum atomic E-state index is 0.635. The van der Waals surface area contributed by atoms with E-state index in [2.05, 4.69) is 42.1 Å². The zero-order chi connectivity index (χ0) is 14.5. The summed E-state index contributed by atoms with van der Waals surface area (Å²) >= 11 is 1.54. The molecule has 0 saturated carbocycles. The first-order valence-corrected chi connectivity index (χ1v) is 7.86. The molecule has 0 unspecified atom stereocenters. The Labute approximate surface area is 121 Å². The zero-order valence-electron chi connectivity index (χ0n) is 12.6. The Balaban J connectivity index is 4.89. The van der Waals surface area contributed by atoms with Gasteiger partial charge in [0, 0.05) is 13.1 Å². The van der Waals surface area contributed by atoms with E-state index in [4.69, 9.17) is 0 Å². The SMILES string of the molecule is C/C=C\C(=C/SC(=NC=O)N(CCC)CCC)CC. The van der Waals surface area contributed by atoms with E-state index in [0.717, 1.165) is 37.5 Å². The van der Waals surface area contributed by atoms with Gasteiger partial charge >= 0.3 is 0 Å². The van der Waals surface area contributed by atoms with Gasteiger partial charge in [-0.25, -0.2) is 0 Å². The van der Waals surface area contributed by atoms with Crippen LogP contribution in [0.2, 0.25) is 0 Å². The lowest BCUT2D eigenvalue weighted by molar-refractivity contribution is -0.106. The van der Waals surface area contributed by atoms with Gasteiger partial charge in [-0.3, -0.25) is 4.79 Å². The van der Waals surface area contributed by atoms with Gasteiger partial charge in [0.05, 0.1) is 0 Å². The topological polar surface area (TPSA) is 32.7 Å². The average Bonchev–Trinajstić information content (AvgIpc) is 2.41. The maximum atomic E-state index is 10.7. The Morgan fingerprint density at radius 2 is 1.84 bits per heavy atom. The number of carbonyl (C=O) groups excluding carboxylic acids is 1. The summed E-state index contributed by atoms with van der Waals surface area (Å²) in [6.45, 7) is 10.3. The molecule has 0 aromatic rings. The molecule has 0 heterocycles. The van der Waals surface area contributed by atoms with E-state index in [1.165, 1.54) is 17.3 Å². The highest BCUT2D eigenvalue weighted by Crippen LogP contribution is 2.16. The Kier molecular flexibility index (Phi) is 11.4. The highest BCUT2D eigenvalue weighted by Gasteiger charge is 2.09. The van der Waals surface area contributed by atoms with Gasteiger partial charge in [0.25, 0.3) is 0 Å². The van der Waals surface area contributed by atoms with Gasteiger partial charge in [-0.15, -0.1) is 0 Å². The van der Waals surface area contributed by atoms with Gasteiger partial charge in [0.15, 0.2) is 5.17 Å². The number of carbonyl (C=O) groups is 1. The summed E-state index contributed by atoms with van der Waals surface area (Å²) in [5.74, 6) is 0. The standard InChI is InChI=1S/C15H26N2OS/c1-5-9-14(8-4)12-19-15(16-13-18)17(10-6-2)11-7-3/h5,9,12-13H,6-8,10-11H2,1-4H3/b9-5-,14-12-,16-15?. The summed E-state index contributed by atoms with van der Waals surface area (Å²) in [5, 5.41) is 2.88. The fourth-order valence-electron chi connectivity index (χ4n) is 1.66. The number of hydrogen-bond donors (Lipinski definition) is 0. The van der Waals surface area contributed by atoms with E-state index in [9.17, 15) is 4.79 Å². The number of amides is 1. The molecule has 4 heteroatoms. The largest absolute Gasteiger partial charge is 0.351 e. The van der Waals surface area contributed by atoms with Crippen LogP contribution in [-0.2, 0) is 4.79 Å². The van der Waals surface area contributed by atoms with Gasteiger partial charge in [0.1, 0.15) is 0 Å². The number of allylic oxidation sites excluding steroid dienone is 3. The van der Waals surface area contributed by atoms with Crippen LogP contribution in [0.1, 0.15) is 47.0 Å². The van der Waals surface area contributed by atoms with Crippen LogP contribution in [-0.4, -0.2) is 29.6 Å². The van der Waals surface area contributed by atoms with E-state index in [-0.39, 0.29) is 0 Å².